The molecule has 0 fully saturated rings. The highest BCUT2D eigenvalue weighted by Gasteiger charge is 2.22. The monoisotopic (exact) mass is 366 g/mol. The molecule has 0 saturated heterocycles. The van der Waals surface area contributed by atoms with Gasteiger partial charge in [-0.15, -0.1) is 0 Å². The van der Waals surface area contributed by atoms with Crippen LogP contribution in [0, 0.1) is 6.92 Å². The highest BCUT2D eigenvalue weighted by atomic mass is 16.4. The molecule has 8 nitrogen and oxygen atoms in total. The van der Waals surface area contributed by atoms with Gasteiger partial charge in [0.15, 0.2) is 5.69 Å². The molecule has 3 N–H and O–H groups in total. The molecule has 1 amide bonds. The molecule has 3 rings (SSSR count). The summed E-state index contributed by atoms with van der Waals surface area (Å²) in [5, 5.41) is 25.9. The van der Waals surface area contributed by atoms with Gasteiger partial charge in [0.05, 0.1) is 11.9 Å². The third kappa shape index (κ3) is 3.64. The van der Waals surface area contributed by atoms with Crippen LogP contribution in [0.15, 0.2) is 48.9 Å². The van der Waals surface area contributed by atoms with E-state index >= 15 is 0 Å². The molecule has 0 spiro atoms. The number of pyridine rings is 1. The van der Waals surface area contributed by atoms with Crippen molar-refractivity contribution in [2.45, 2.75) is 19.9 Å². The molecule has 27 heavy (non-hydrogen) atoms. The van der Waals surface area contributed by atoms with Crippen molar-refractivity contribution in [3.8, 4) is 22.6 Å². The zero-order valence-corrected chi connectivity index (χ0v) is 14.7. The van der Waals surface area contributed by atoms with Crippen LogP contribution in [0.1, 0.15) is 23.0 Å². The van der Waals surface area contributed by atoms with E-state index in [0.717, 1.165) is 11.3 Å². The third-order valence-corrected chi connectivity index (χ3v) is 4.15. The van der Waals surface area contributed by atoms with Crippen LogP contribution in [0.4, 0.5) is 0 Å². The zero-order valence-electron chi connectivity index (χ0n) is 14.7. The van der Waals surface area contributed by atoms with Crippen LogP contribution in [-0.4, -0.2) is 42.9 Å². The summed E-state index contributed by atoms with van der Waals surface area (Å²) in [5.74, 6) is -2.23. The van der Waals surface area contributed by atoms with Gasteiger partial charge in [-0.2, -0.15) is 5.10 Å². The number of carboxylic acid groups (broad SMARTS) is 1. The van der Waals surface area contributed by atoms with Crippen LogP contribution in [-0.2, 0) is 4.79 Å². The van der Waals surface area contributed by atoms with Gasteiger partial charge >= 0.3 is 5.97 Å². The Kier molecular flexibility index (Phi) is 4.89. The van der Waals surface area contributed by atoms with Gasteiger partial charge in [0, 0.05) is 29.1 Å². The Bertz CT molecular complexity index is 998. The summed E-state index contributed by atoms with van der Waals surface area (Å²) in [6, 6.07) is 8.45. The highest BCUT2D eigenvalue weighted by molar-refractivity contribution is 5.98. The SMILES string of the molecule is Cc1c(-c2cnn(-c3ccccc3)c2)cnc(C(=O)NC(C)C(=O)O)c1O. The normalized spacial score (nSPS) is 11.8. The second-order valence-corrected chi connectivity index (χ2v) is 6.04. The van der Waals surface area contributed by atoms with Gasteiger partial charge < -0.3 is 15.5 Å². The fraction of sp³-hybridized carbons (Fsp3) is 0.158. The number of para-hydroxylation sites is 1. The minimum Gasteiger partial charge on any atom is -0.505 e. The van der Waals surface area contributed by atoms with E-state index in [2.05, 4.69) is 15.4 Å². The Morgan fingerprint density at radius 1 is 1.19 bits per heavy atom. The molecule has 1 atom stereocenters. The molecule has 0 bridgehead atoms. The van der Waals surface area contributed by atoms with E-state index in [0.29, 0.717) is 11.1 Å². The predicted octanol–water partition coefficient (Wildman–Crippen LogP) is 2.15. The van der Waals surface area contributed by atoms with E-state index in [-0.39, 0.29) is 11.4 Å². The number of benzene rings is 1. The highest BCUT2D eigenvalue weighted by Crippen LogP contribution is 2.31. The topological polar surface area (TPSA) is 117 Å². The summed E-state index contributed by atoms with van der Waals surface area (Å²) in [4.78, 5) is 27.0. The number of amides is 1. The molecule has 0 aliphatic rings. The van der Waals surface area contributed by atoms with E-state index in [9.17, 15) is 14.7 Å². The molecular weight excluding hydrogens is 348 g/mol. The van der Waals surface area contributed by atoms with E-state index < -0.39 is 17.9 Å². The lowest BCUT2D eigenvalue weighted by Crippen LogP contribution is -2.38. The summed E-state index contributed by atoms with van der Waals surface area (Å²) in [7, 11) is 0. The molecule has 138 valence electrons. The Morgan fingerprint density at radius 3 is 2.56 bits per heavy atom. The molecule has 0 radical (unpaired) electrons. The van der Waals surface area contributed by atoms with E-state index in [1.807, 2.05) is 30.3 Å². The molecule has 3 aromatic rings. The number of carbonyl (C=O) groups excluding carboxylic acids is 1. The molecule has 0 saturated carbocycles. The summed E-state index contributed by atoms with van der Waals surface area (Å²) < 4.78 is 1.70. The van der Waals surface area contributed by atoms with Crippen molar-refractivity contribution in [2.24, 2.45) is 0 Å². The average molecular weight is 366 g/mol. The fourth-order valence-electron chi connectivity index (χ4n) is 2.56. The first-order valence-electron chi connectivity index (χ1n) is 8.21. The van der Waals surface area contributed by atoms with Crippen LogP contribution >= 0.6 is 0 Å². The van der Waals surface area contributed by atoms with Gasteiger partial charge in [-0.3, -0.25) is 9.59 Å². The van der Waals surface area contributed by atoms with Crippen molar-refractivity contribution in [3.63, 3.8) is 0 Å². The molecule has 2 heterocycles. The predicted molar refractivity (Wildman–Crippen MR) is 97.8 cm³/mol. The molecule has 2 aromatic heterocycles. The zero-order chi connectivity index (χ0) is 19.6. The minimum absolute atomic E-state index is 0.222. The average Bonchev–Trinajstić information content (AvgIpc) is 3.14. The Balaban J connectivity index is 1.91. The smallest absolute Gasteiger partial charge is 0.325 e. The van der Waals surface area contributed by atoms with Gasteiger partial charge in [0.2, 0.25) is 0 Å². The number of nitrogens with one attached hydrogen (secondary N) is 1. The maximum absolute atomic E-state index is 12.2. The quantitative estimate of drug-likeness (QED) is 0.637. The maximum Gasteiger partial charge on any atom is 0.325 e. The second-order valence-electron chi connectivity index (χ2n) is 6.04. The number of hydrogen-bond donors (Lipinski definition) is 3. The summed E-state index contributed by atoms with van der Waals surface area (Å²) in [6.45, 7) is 2.99. The minimum atomic E-state index is -1.18. The molecule has 1 unspecified atom stereocenters. The first-order chi connectivity index (χ1) is 12.9. The number of aromatic nitrogens is 3. The first-order valence-corrected chi connectivity index (χ1v) is 8.21. The van der Waals surface area contributed by atoms with Gasteiger partial charge in [-0.25, -0.2) is 9.67 Å². The Labute approximate surface area is 155 Å². The summed E-state index contributed by atoms with van der Waals surface area (Å²) in [6.07, 6.45) is 4.90. The van der Waals surface area contributed by atoms with Crippen molar-refractivity contribution in [2.75, 3.05) is 0 Å². The van der Waals surface area contributed by atoms with Crippen LogP contribution < -0.4 is 5.32 Å². The largest absolute Gasteiger partial charge is 0.505 e. The standard InChI is InChI=1S/C19H18N4O4/c1-11-15(13-8-21-23(10-13)14-6-4-3-5-7-14)9-20-16(17(11)24)18(25)22-12(2)19(26)27/h3-10,12,24H,1-2H3,(H,22,25)(H,26,27). The number of aromatic hydroxyl groups is 1. The van der Waals surface area contributed by atoms with Gasteiger partial charge in [0.1, 0.15) is 11.8 Å². The van der Waals surface area contributed by atoms with E-state index in [1.54, 1.807) is 24.0 Å². The van der Waals surface area contributed by atoms with Crippen molar-refractivity contribution in [1.29, 1.82) is 0 Å². The second kappa shape index (κ2) is 7.28. The van der Waals surface area contributed by atoms with Crippen LogP contribution in [0.5, 0.6) is 5.75 Å². The number of rotatable bonds is 5. The van der Waals surface area contributed by atoms with Crippen LogP contribution in [0.3, 0.4) is 0 Å². The molecular formula is C19H18N4O4. The molecule has 0 aliphatic heterocycles. The molecule has 1 aromatic carbocycles. The Hall–Kier alpha value is -3.68. The molecule has 8 heteroatoms. The first kappa shape index (κ1) is 18.1. The summed E-state index contributed by atoms with van der Waals surface area (Å²) >= 11 is 0. The van der Waals surface area contributed by atoms with Crippen molar-refractivity contribution in [3.05, 3.63) is 60.2 Å². The van der Waals surface area contributed by atoms with E-state index in [4.69, 9.17) is 5.11 Å². The molecule has 0 aliphatic carbocycles. The number of hydrogen-bond acceptors (Lipinski definition) is 5. The lowest BCUT2D eigenvalue weighted by molar-refractivity contribution is -0.138. The van der Waals surface area contributed by atoms with Gasteiger partial charge in [-0.1, -0.05) is 18.2 Å². The number of nitrogens with zero attached hydrogens (tertiary/aromatic N) is 3. The van der Waals surface area contributed by atoms with Crippen LogP contribution in [0.2, 0.25) is 0 Å². The fourth-order valence-corrected chi connectivity index (χ4v) is 2.56. The van der Waals surface area contributed by atoms with Crippen LogP contribution in [0.25, 0.3) is 16.8 Å². The van der Waals surface area contributed by atoms with Gasteiger partial charge in [-0.05, 0) is 26.0 Å². The number of carbonyl (C=O) groups is 2. The summed E-state index contributed by atoms with van der Waals surface area (Å²) in [5.41, 5.74) is 2.46. The third-order valence-electron chi connectivity index (χ3n) is 4.15. The van der Waals surface area contributed by atoms with E-state index in [1.165, 1.54) is 13.1 Å². The van der Waals surface area contributed by atoms with Gasteiger partial charge in [0.25, 0.3) is 5.91 Å². The maximum atomic E-state index is 12.2. The van der Waals surface area contributed by atoms with Crippen molar-refractivity contribution >= 4 is 11.9 Å². The van der Waals surface area contributed by atoms with Crippen molar-refractivity contribution < 1.29 is 19.8 Å². The lowest BCUT2D eigenvalue weighted by atomic mass is 10.0. The van der Waals surface area contributed by atoms with Crippen molar-refractivity contribution in [1.82, 2.24) is 20.1 Å². The lowest BCUT2D eigenvalue weighted by Gasteiger charge is -2.12. The number of aliphatic carboxylic acids is 1. The Morgan fingerprint density at radius 2 is 1.89 bits per heavy atom. The number of carboxylic acids is 1.